The molecule has 0 aliphatic carbocycles. The van der Waals surface area contributed by atoms with Crippen molar-refractivity contribution in [3.63, 3.8) is 0 Å². The molecule has 1 saturated heterocycles. The summed E-state index contributed by atoms with van der Waals surface area (Å²) in [5.74, 6) is 0.758. The Morgan fingerprint density at radius 3 is 2.74 bits per heavy atom. The zero-order valence-electron chi connectivity index (χ0n) is 12.1. The van der Waals surface area contributed by atoms with Gasteiger partial charge in [-0.25, -0.2) is 4.39 Å². The molecular weight excluding hydrogens is 239 g/mol. The average molecular weight is 264 g/mol. The van der Waals surface area contributed by atoms with Gasteiger partial charge in [0.1, 0.15) is 5.82 Å². The first kappa shape index (κ1) is 14.5. The van der Waals surface area contributed by atoms with Crippen molar-refractivity contribution in [1.82, 2.24) is 10.2 Å². The van der Waals surface area contributed by atoms with E-state index in [9.17, 15) is 4.39 Å². The molecule has 106 valence electrons. The summed E-state index contributed by atoms with van der Waals surface area (Å²) in [6.45, 7) is 6.19. The molecule has 0 bridgehead atoms. The normalized spacial score (nSPS) is 17.8. The number of nitrogens with zero attached hydrogens (tertiary/aromatic N) is 1. The summed E-state index contributed by atoms with van der Waals surface area (Å²) < 4.78 is 13.1. The van der Waals surface area contributed by atoms with Gasteiger partial charge in [-0.1, -0.05) is 12.1 Å². The predicted molar refractivity (Wildman–Crippen MR) is 77.7 cm³/mol. The fourth-order valence-electron chi connectivity index (χ4n) is 2.71. The minimum Gasteiger partial charge on any atom is -0.313 e. The van der Waals surface area contributed by atoms with Gasteiger partial charge in [0.15, 0.2) is 0 Å². The van der Waals surface area contributed by atoms with E-state index < -0.39 is 0 Å². The lowest BCUT2D eigenvalue weighted by Gasteiger charge is -2.28. The monoisotopic (exact) mass is 264 g/mol. The zero-order chi connectivity index (χ0) is 13.7. The van der Waals surface area contributed by atoms with Crippen molar-refractivity contribution in [3.05, 3.63) is 35.1 Å². The van der Waals surface area contributed by atoms with Crippen LogP contribution in [-0.2, 0) is 6.54 Å². The molecule has 1 N–H and O–H groups in total. The van der Waals surface area contributed by atoms with Crippen LogP contribution in [0.5, 0.6) is 0 Å². The number of hydrogen-bond donors (Lipinski definition) is 1. The Morgan fingerprint density at radius 1 is 1.32 bits per heavy atom. The predicted octanol–water partition coefficient (Wildman–Crippen LogP) is 2.96. The molecule has 1 aliphatic heterocycles. The Morgan fingerprint density at radius 2 is 2.05 bits per heavy atom. The third kappa shape index (κ3) is 4.59. The van der Waals surface area contributed by atoms with Gasteiger partial charge in [0.25, 0.3) is 0 Å². The minimum atomic E-state index is -0.116. The Hall–Kier alpha value is -0.930. The Bertz CT molecular complexity index is 398. The van der Waals surface area contributed by atoms with Crippen molar-refractivity contribution in [1.29, 1.82) is 0 Å². The molecule has 19 heavy (non-hydrogen) atoms. The van der Waals surface area contributed by atoms with Crippen molar-refractivity contribution >= 4 is 0 Å². The molecule has 0 unspecified atom stereocenters. The fraction of sp³-hybridized carbons (Fsp3) is 0.625. The summed E-state index contributed by atoms with van der Waals surface area (Å²) in [5, 5.41) is 3.47. The second-order valence-electron chi connectivity index (χ2n) is 5.80. The maximum Gasteiger partial charge on any atom is 0.126 e. The van der Waals surface area contributed by atoms with Crippen LogP contribution in [0.25, 0.3) is 0 Å². The first-order valence-electron chi connectivity index (χ1n) is 7.29. The van der Waals surface area contributed by atoms with Gasteiger partial charge in [0.05, 0.1) is 0 Å². The van der Waals surface area contributed by atoms with E-state index in [1.807, 2.05) is 19.1 Å². The van der Waals surface area contributed by atoms with Crippen molar-refractivity contribution in [2.24, 2.45) is 5.92 Å². The highest BCUT2D eigenvalue weighted by Crippen LogP contribution is 2.18. The summed E-state index contributed by atoms with van der Waals surface area (Å²) >= 11 is 0. The van der Waals surface area contributed by atoms with E-state index in [0.29, 0.717) is 0 Å². The Balaban J connectivity index is 1.65. The van der Waals surface area contributed by atoms with Crippen molar-refractivity contribution < 1.29 is 4.39 Å². The van der Waals surface area contributed by atoms with E-state index in [4.69, 9.17) is 0 Å². The highest BCUT2D eigenvalue weighted by atomic mass is 19.1. The number of benzene rings is 1. The molecule has 0 saturated carbocycles. The first-order chi connectivity index (χ1) is 9.15. The van der Waals surface area contributed by atoms with Gasteiger partial charge in [-0.15, -0.1) is 0 Å². The number of likely N-dealkylation sites (tertiary alicyclic amines) is 1. The summed E-state index contributed by atoms with van der Waals surface area (Å²) in [6.07, 6.45) is 3.91. The molecule has 3 heteroatoms. The van der Waals surface area contributed by atoms with Crippen LogP contribution in [-0.4, -0.2) is 31.6 Å². The van der Waals surface area contributed by atoms with Crippen LogP contribution in [0.4, 0.5) is 4.39 Å². The highest BCUT2D eigenvalue weighted by Gasteiger charge is 2.15. The maximum absolute atomic E-state index is 13.1. The SMILES string of the molecule is Cc1cc(CNCCC2CCN(C)CC2)ccc1F. The zero-order valence-corrected chi connectivity index (χ0v) is 12.1. The lowest BCUT2D eigenvalue weighted by atomic mass is 9.94. The second kappa shape index (κ2) is 7.01. The average Bonchev–Trinajstić information content (AvgIpc) is 2.41. The van der Waals surface area contributed by atoms with Crippen LogP contribution in [0.1, 0.15) is 30.4 Å². The van der Waals surface area contributed by atoms with E-state index in [1.54, 1.807) is 6.07 Å². The van der Waals surface area contributed by atoms with E-state index in [-0.39, 0.29) is 5.82 Å². The van der Waals surface area contributed by atoms with E-state index >= 15 is 0 Å². The van der Waals surface area contributed by atoms with Crippen LogP contribution in [0.3, 0.4) is 0 Å². The van der Waals surface area contributed by atoms with Gasteiger partial charge in [0, 0.05) is 6.54 Å². The number of aryl methyl sites for hydroxylation is 1. The van der Waals surface area contributed by atoms with E-state index in [2.05, 4.69) is 17.3 Å². The molecule has 1 fully saturated rings. The molecule has 1 aliphatic rings. The van der Waals surface area contributed by atoms with Crippen molar-refractivity contribution in [2.45, 2.75) is 32.7 Å². The summed E-state index contributed by atoms with van der Waals surface area (Å²) in [7, 11) is 2.20. The van der Waals surface area contributed by atoms with Crippen LogP contribution < -0.4 is 5.32 Å². The molecule has 0 radical (unpaired) electrons. The third-order valence-electron chi connectivity index (χ3n) is 4.12. The highest BCUT2D eigenvalue weighted by molar-refractivity contribution is 5.23. The number of rotatable bonds is 5. The maximum atomic E-state index is 13.1. The number of halogens is 1. The first-order valence-corrected chi connectivity index (χ1v) is 7.29. The molecule has 2 rings (SSSR count). The fourth-order valence-corrected chi connectivity index (χ4v) is 2.71. The summed E-state index contributed by atoms with van der Waals surface area (Å²) in [5.41, 5.74) is 1.90. The van der Waals surface area contributed by atoms with Crippen LogP contribution in [0, 0.1) is 18.7 Å². The molecule has 2 nitrogen and oxygen atoms in total. The quantitative estimate of drug-likeness (QED) is 0.823. The lowest BCUT2D eigenvalue weighted by Crippen LogP contribution is -2.31. The van der Waals surface area contributed by atoms with Crippen LogP contribution in [0.2, 0.25) is 0 Å². The summed E-state index contributed by atoms with van der Waals surface area (Å²) in [4.78, 5) is 2.41. The number of hydrogen-bond acceptors (Lipinski definition) is 2. The number of nitrogens with one attached hydrogen (secondary N) is 1. The van der Waals surface area contributed by atoms with E-state index in [0.717, 1.165) is 24.6 Å². The standard InChI is InChI=1S/C16H25FN2/c1-13-11-15(3-4-16(13)17)12-18-8-5-14-6-9-19(2)10-7-14/h3-4,11,14,18H,5-10,12H2,1-2H3. The molecule has 1 aromatic rings. The molecular formula is C16H25FN2. The van der Waals surface area contributed by atoms with Crippen molar-refractivity contribution in [3.8, 4) is 0 Å². The molecule has 0 atom stereocenters. The lowest BCUT2D eigenvalue weighted by molar-refractivity contribution is 0.211. The van der Waals surface area contributed by atoms with Crippen LogP contribution >= 0.6 is 0 Å². The van der Waals surface area contributed by atoms with Gasteiger partial charge in [-0.3, -0.25) is 0 Å². The minimum absolute atomic E-state index is 0.116. The molecule has 0 aromatic heterocycles. The smallest absolute Gasteiger partial charge is 0.126 e. The third-order valence-corrected chi connectivity index (χ3v) is 4.12. The largest absolute Gasteiger partial charge is 0.313 e. The van der Waals surface area contributed by atoms with Gasteiger partial charge in [-0.2, -0.15) is 0 Å². The molecule has 1 heterocycles. The van der Waals surface area contributed by atoms with Gasteiger partial charge in [-0.05, 0) is 76.0 Å². The van der Waals surface area contributed by atoms with Gasteiger partial charge < -0.3 is 10.2 Å². The topological polar surface area (TPSA) is 15.3 Å². The molecule has 0 amide bonds. The Labute approximate surface area is 116 Å². The van der Waals surface area contributed by atoms with Gasteiger partial charge in [0.2, 0.25) is 0 Å². The van der Waals surface area contributed by atoms with Crippen LogP contribution in [0.15, 0.2) is 18.2 Å². The number of piperidine rings is 1. The molecule has 0 spiro atoms. The van der Waals surface area contributed by atoms with Crippen molar-refractivity contribution in [2.75, 3.05) is 26.7 Å². The Kier molecular flexibility index (Phi) is 5.34. The molecule has 1 aromatic carbocycles. The van der Waals surface area contributed by atoms with Gasteiger partial charge >= 0.3 is 0 Å². The van der Waals surface area contributed by atoms with E-state index in [1.165, 1.54) is 37.9 Å². The second-order valence-corrected chi connectivity index (χ2v) is 5.80. The summed E-state index contributed by atoms with van der Waals surface area (Å²) in [6, 6.07) is 5.35.